The summed E-state index contributed by atoms with van der Waals surface area (Å²) in [5, 5.41) is 0. The third-order valence-corrected chi connectivity index (χ3v) is 1.91. The SMILES string of the molecule is C=C[C](C)c1cccc(OCC)c1. The molecule has 1 nitrogen and oxygen atoms in total. The van der Waals surface area contributed by atoms with Crippen molar-refractivity contribution in [2.24, 2.45) is 0 Å². The van der Waals surface area contributed by atoms with E-state index < -0.39 is 0 Å². The van der Waals surface area contributed by atoms with Crippen molar-refractivity contribution in [2.75, 3.05) is 6.61 Å². The third kappa shape index (κ3) is 2.62. The highest BCUT2D eigenvalue weighted by Gasteiger charge is 2.01. The molecule has 0 aliphatic carbocycles. The molecule has 1 radical (unpaired) electrons. The molecule has 0 bridgehead atoms. The number of benzene rings is 1. The fraction of sp³-hybridized carbons (Fsp3) is 0.250. The first-order valence-electron chi connectivity index (χ1n) is 4.47. The Balaban J connectivity index is 2.84. The molecular formula is C12H15O. The molecule has 0 heterocycles. The van der Waals surface area contributed by atoms with Gasteiger partial charge in [-0.25, -0.2) is 0 Å². The van der Waals surface area contributed by atoms with Gasteiger partial charge in [0, 0.05) is 5.92 Å². The van der Waals surface area contributed by atoms with Crippen LogP contribution in [0.25, 0.3) is 0 Å². The molecule has 1 rings (SSSR count). The van der Waals surface area contributed by atoms with Crippen LogP contribution in [-0.2, 0) is 0 Å². The summed E-state index contributed by atoms with van der Waals surface area (Å²) in [7, 11) is 0. The average Bonchev–Trinajstić information content (AvgIpc) is 2.18. The van der Waals surface area contributed by atoms with Gasteiger partial charge < -0.3 is 4.74 Å². The Morgan fingerprint density at radius 2 is 2.31 bits per heavy atom. The molecule has 0 fully saturated rings. The predicted molar refractivity (Wildman–Crippen MR) is 55.8 cm³/mol. The zero-order valence-corrected chi connectivity index (χ0v) is 8.21. The van der Waals surface area contributed by atoms with Crippen LogP contribution in [0.5, 0.6) is 5.75 Å². The quantitative estimate of drug-likeness (QED) is 0.682. The lowest BCUT2D eigenvalue weighted by molar-refractivity contribution is 0.340. The molecule has 0 N–H and O–H groups in total. The highest BCUT2D eigenvalue weighted by atomic mass is 16.5. The molecule has 0 saturated heterocycles. The van der Waals surface area contributed by atoms with Gasteiger partial charge in [0.05, 0.1) is 6.61 Å². The highest BCUT2D eigenvalue weighted by molar-refractivity contribution is 5.40. The van der Waals surface area contributed by atoms with Crippen LogP contribution in [0.4, 0.5) is 0 Å². The minimum atomic E-state index is 0.705. The van der Waals surface area contributed by atoms with E-state index in [0.717, 1.165) is 5.75 Å². The van der Waals surface area contributed by atoms with Gasteiger partial charge in [0.25, 0.3) is 0 Å². The van der Waals surface area contributed by atoms with Crippen molar-refractivity contribution >= 4 is 0 Å². The number of hydrogen-bond acceptors (Lipinski definition) is 1. The van der Waals surface area contributed by atoms with Gasteiger partial charge in [-0.15, -0.1) is 6.58 Å². The number of ether oxygens (including phenoxy) is 1. The standard InChI is InChI=1S/C12H15O/c1-4-10(3)11-7-6-8-12(9-11)13-5-2/h4,6-9H,1,5H2,2-3H3. The lowest BCUT2D eigenvalue weighted by Gasteiger charge is -2.08. The second-order valence-corrected chi connectivity index (χ2v) is 2.85. The minimum Gasteiger partial charge on any atom is -0.494 e. The van der Waals surface area contributed by atoms with Crippen LogP contribution in [0, 0.1) is 5.92 Å². The smallest absolute Gasteiger partial charge is 0.119 e. The Morgan fingerprint density at radius 1 is 1.54 bits per heavy atom. The summed E-state index contributed by atoms with van der Waals surface area (Å²) < 4.78 is 5.39. The van der Waals surface area contributed by atoms with Crippen molar-refractivity contribution in [3.63, 3.8) is 0 Å². The molecule has 1 aromatic carbocycles. The molecule has 69 valence electrons. The van der Waals surface area contributed by atoms with Gasteiger partial charge in [0.2, 0.25) is 0 Å². The van der Waals surface area contributed by atoms with Crippen molar-refractivity contribution in [1.29, 1.82) is 0 Å². The van der Waals surface area contributed by atoms with Crippen LogP contribution < -0.4 is 4.74 Å². The van der Waals surface area contributed by atoms with Crippen LogP contribution in [0.2, 0.25) is 0 Å². The molecule has 13 heavy (non-hydrogen) atoms. The molecule has 0 saturated carbocycles. The van der Waals surface area contributed by atoms with E-state index in [1.165, 1.54) is 11.5 Å². The maximum Gasteiger partial charge on any atom is 0.119 e. The summed E-state index contributed by atoms with van der Waals surface area (Å²) >= 11 is 0. The van der Waals surface area contributed by atoms with E-state index in [2.05, 4.69) is 12.6 Å². The summed E-state index contributed by atoms with van der Waals surface area (Å²) in [6.07, 6.45) is 1.85. The third-order valence-electron chi connectivity index (χ3n) is 1.91. The first-order chi connectivity index (χ1) is 6.27. The van der Waals surface area contributed by atoms with Crippen LogP contribution >= 0.6 is 0 Å². The van der Waals surface area contributed by atoms with Crippen LogP contribution in [0.3, 0.4) is 0 Å². The van der Waals surface area contributed by atoms with Crippen LogP contribution in [0.1, 0.15) is 19.4 Å². The second-order valence-electron chi connectivity index (χ2n) is 2.85. The number of hydrogen-bond donors (Lipinski definition) is 0. The summed E-state index contributed by atoms with van der Waals surface area (Å²) in [6, 6.07) is 8.04. The average molecular weight is 175 g/mol. The van der Waals surface area contributed by atoms with Gasteiger partial charge in [-0.2, -0.15) is 0 Å². The Bertz CT molecular complexity index is 278. The van der Waals surface area contributed by atoms with Crippen molar-refractivity contribution in [1.82, 2.24) is 0 Å². The van der Waals surface area contributed by atoms with Crippen molar-refractivity contribution in [3.8, 4) is 5.75 Å². The minimum absolute atomic E-state index is 0.705. The van der Waals surface area contributed by atoms with E-state index in [4.69, 9.17) is 4.74 Å². The second kappa shape index (κ2) is 4.70. The van der Waals surface area contributed by atoms with E-state index in [1.807, 2.05) is 38.1 Å². The van der Waals surface area contributed by atoms with E-state index in [0.29, 0.717) is 6.61 Å². The Labute approximate surface area is 80.0 Å². The molecule has 0 spiro atoms. The normalized spacial score (nSPS) is 10.1. The van der Waals surface area contributed by atoms with Crippen molar-refractivity contribution in [2.45, 2.75) is 13.8 Å². The summed E-state index contributed by atoms with van der Waals surface area (Å²) in [6.45, 7) is 8.46. The van der Waals surface area contributed by atoms with E-state index in [-0.39, 0.29) is 0 Å². The maximum atomic E-state index is 5.39. The predicted octanol–water partition coefficient (Wildman–Crippen LogP) is 3.21. The van der Waals surface area contributed by atoms with Gasteiger partial charge in [0.1, 0.15) is 5.75 Å². The van der Waals surface area contributed by atoms with E-state index in [9.17, 15) is 0 Å². The Morgan fingerprint density at radius 3 is 2.92 bits per heavy atom. The molecule has 0 atom stereocenters. The van der Waals surface area contributed by atoms with Gasteiger partial charge >= 0.3 is 0 Å². The summed E-state index contributed by atoms with van der Waals surface area (Å²) in [4.78, 5) is 0. The van der Waals surface area contributed by atoms with Gasteiger partial charge in [-0.3, -0.25) is 0 Å². The molecule has 1 aromatic rings. The zero-order valence-electron chi connectivity index (χ0n) is 8.21. The summed E-state index contributed by atoms with van der Waals surface area (Å²) in [5.74, 6) is 2.09. The molecule has 0 aromatic heterocycles. The molecule has 0 aliphatic rings. The van der Waals surface area contributed by atoms with Gasteiger partial charge in [-0.05, 0) is 24.6 Å². The fourth-order valence-corrected chi connectivity index (χ4v) is 1.12. The number of rotatable bonds is 4. The van der Waals surface area contributed by atoms with Crippen molar-refractivity contribution in [3.05, 3.63) is 48.4 Å². The lowest BCUT2D eigenvalue weighted by Crippen LogP contribution is -1.94. The lowest BCUT2D eigenvalue weighted by atomic mass is 10.0. The van der Waals surface area contributed by atoms with E-state index in [1.54, 1.807) is 0 Å². The zero-order chi connectivity index (χ0) is 9.68. The molecule has 1 heteroatoms. The van der Waals surface area contributed by atoms with Crippen molar-refractivity contribution < 1.29 is 4.74 Å². The van der Waals surface area contributed by atoms with E-state index >= 15 is 0 Å². The number of allylic oxidation sites excluding steroid dienone is 1. The van der Waals surface area contributed by atoms with Crippen LogP contribution in [0.15, 0.2) is 36.9 Å². The maximum absolute atomic E-state index is 5.39. The molecule has 0 unspecified atom stereocenters. The monoisotopic (exact) mass is 175 g/mol. The largest absolute Gasteiger partial charge is 0.494 e. The van der Waals surface area contributed by atoms with Gasteiger partial charge in [-0.1, -0.05) is 25.1 Å². The summed E-state index contributed by atoms with van der Waals surface area (Å²) in [5.41, 5.74) is 1.17. The Kier molecular flexibility index (Phi) is 3.56. The molecule has 0 amide bonds. The van der Waals surface area contributed by atoms with Gasteiger partial charge in [0.15, 0.2) is 0 Å². The highest BCUT2D eigenvalue weighted by Crippen LogP contribution is 2.20. The Hall–Kier alpha value is -1.24. The molecule has 0 aliphatic heterocycles. The molecular weight excluding hydrogens is 160 g/mol. The van der Waals surface area contributed by atoms with Crippen LogP contribution in [-0.4, -0.2) is 6.61 Å². The topological polar surface area (TPSA) is 9.23 Å². The first kappa shape index (κ1) is 9.85. The fourth-order valence-electron chi connectivity index (χ4n) is 1.12. The first-order valence-corrected chi connectivity index (χ1v) is 4.47.